The Hall–Kier alpha value is -4.76. The second-order valence-electron chi connectivity index (χ2n) is 10.8. The van der Waals surface area contributed by atoms with E-state index in [1.165, 1.54) is 29.2 Å². The van der Waals surface area contributed by atoms with Crippen LogP contribution < -0.4 is 0 Å². The Morgan fingerprint density at radius 2 is 1.02 bits per heavy atom. The smallest absolute Gasteiger partial charge is 0.303 e. The Kier molecular flexibility index (Phi) is 7.35. The lowest BCUT2D eigenvalue weighted by atomic mass is 9.46. The average Bonchev–Trinajstić information content (AvgIpc) is 3.02. The van der Waals surface area contributed by atoms with Crippen molar-refractivity contribution in [1.82, 2.24) is 0 Å². The molecule has 0 unspecified atom stereocenters. The molecule has 5 aromatic rings. The third-order valence-electron chi connectivity index (χ3n) is 8.48. The maximum Gasteiger partial charge on any atom is 0.303 e. The number of carbonyl (C=O) groups is 2. The highest BCUT2D eigenvalue weighted by atomic mass is 16.5. The molecule has 0 N–H and O–H groups in total. The van der Waals surface area contributed by atoms with Gasteiger partial charge in [0, 0.05) is 24.2 Å². The Balaban J connectivity index is 1.46. The van der Waals surface area contributed by atoms with E-state index in [4.69, 9.17) is 4.74 Å². The maximum absolute atomic E-state index is 13.5. The van der Waals surface area contributed by atoms with Crippen molar-refractivity contribution >= 4 is 11.8 Å². The molecule has 1 saturated carbocycles. The molecule has 202 valence electrons. The Morgan fingerprint density at radius 3 is 1.46 bits per heavy atom. The molecule has 6 rings (SSSR count). The van der Waals surface area contributed by atoms with Crippen LogP contribution in [0.5, 0.6) is 0 Å². The van der Waals surface area contributed by atoms with Gasteiger partial charge in [-0.05, 0) is 45.4 Å². The molecule has 1 aliphatic carbocycles. The standard InChI is InChI=1S/C38H32O3/c1-27(39)41-26-36(40)35-25-38(37(35)32-15-9-4-10-16-32,33-21-17-30(18-22-33)28-11-5-2-6-12-28)34-23-19-31(20-24-34)29-13-7-3-8-14-29/h2-24,35,37H,25-26H2,1H3/t35-,37-/m0/s1. The van der Waals surface area contributed by atoms with E-state index in [9.17, 15) is 9.59 Å². The second kappa shape index (κ2) is 11.4. The molecule has 41 heavy (non-hydrogen) atoms. The zero-order chi connectivity index (χ0) is 28.2. The van der Waals surface area contributed by atoms with Crippen molar-refractivity contribution < 1.29 is 14.3 Å². The summed E-state index contributed by atoms with van der Waals surface area (Å²) < 4.78 is 5.17. The first-order chi connectivity index (χ1) is 20.1. The normalized spacial score (nSPS) is 17.3. The summed E-state index contributed by atoms with van der Waals surface area (Å²) in [6.07, 6.45) is 0.641. The minimum atomic E-state index is -0.437. The number of benzene rings is 5. The molecule has 3 heteroatoms. The predicted octanol–water partition coefficient (Wildman–Crippen LogP) is 8.24. The van der Waals surface area contributed by atoms with Crippen molar-refractivity contribution in [3.63, 3.8) is 0 Å². The van der Waals surface area contributed by atoms with E-state index in [1.54, 1.807) is 0 Å². The maximum atomic E-state index is 13.5. The van der Waals surface area contributed by atoms with E-state index >= 15 is 0 Å². The van der Waals surface area contributed by atoms with Gasteiger partial charge in [-0.3, -0.25) is 9.59 Å². The Labute approximate surface area is 241 Å². The van der Waals surface area contributed by atoms with Crippen LogP contribution >= 0.6 is 0 Å². The zero-order valence-corrected chi connectivity index (χ0v) is 23.1. The number of rotatable bonds is 8. The number of hydrogen-bond acceptors (Lipinski definition) is 3. The van der Waals surface area contributed by atoms with Gasteiger partial charge in [0.25, 0.3) is 0 Å². The Morgan fingerprint density at radius 1 is 0.610 bits per heavy atom. The fraction of sp³-hybridized carbons (Fsp3) is 0.158. The number of hydrogen-bond donors (Lipinski definition) is 0. The van der Waals surface area contributed by atoms with Crippen LogP contribution in [0.4, 0.5) is 0 Å². The molecule has 1 fully saturated rings. The molecule has 0 spiro atoms. The van der Waals surface area contributed by atoms with Crippen LogP contribution in [0.2, 0.25) is 0 Å². The van der Waals surface area contributed by atoms with Crippen molar-refractivity contribution in [2.24, 2.45) is 5.92 Å². The first-order valence-electron chi connectivity index (χ1n) is 14.1. The number of carbonyl (C=O) groups excluding carboxylic acids is 2. The molecule has 0 saturated heterocycles. The number of ether oxygens (including phenoxy) is 1. The summed E-state index contributed by atoms with van der Waals surface area (Å²) >= 11 is 0. The summed E-state index contributed by atoms with van der Waals surface area (Å²) in [6.45, 7) is 1.15. The van der Waals surface area contributed by atoms with Crippen molar-refractivity contribution in [2.75, 3.05) is 6.61 Å². The molecule has 0 aromatic heterocycles. The summed E-state index contributed by atoms with van der Waals surface area (Å²) in [6, 6.07) is 48.6. The Bertz CT molecular complexity index is 1540. The summed E-state index contributed by atoms with van der Waals surface area (Å²) in [5.41, 5.74) is 7.70. The van der Waals surface area contributed by atoms with Gasteiger partial charge < -0.3 is 4.74 Å². The molecule has 1 aliphatic rings. The minimum Gasteiger partial charge on any atom is -0.458 e. The third-order valence-corrected chi connectivity index (χ3v) is 8.48. The van der Waals surface area contributed by atoms with E-state index in [-0.39, 0.29) is 24.2 Å². The molecule has 0 bridgehead atoms. The van der Waals surface area contributed by atoms with Crippen molar-refractivity contribution in [1.29, 1.82) is 0 Å². The molecule has 0 amide bonds. The quantitative estimate of drug-likeness (QED) is 0.188. The lowest BCUT2D eigenvalue weighted by Crippen LogP contribution is -2.54. The van der Waals surface area contributed by atoms with Gasteiger partial charge in [-0.2, -0.15) is 0 Å². The van der Waals surface area contributed by atoms with E-state index < -0.39 is 11.4 Å². The summed E-state index contributed by atoms with van der Waals surface area (Å²) in [7, 11) is 0. The van der Waals surface area contributed by atoms with Gasteiger partial charge in [0.15, 0.2) is 5.78 Å². The van der Waals surface area contributed by atoms with E-state index in [0.717, 1.165) is 16.7 Å². The van der Waals surface area contributed by atoms with Crippen LogP contribution in [0.25, 0.3) is 22.3 Å². The number of Topliss-reactive ketones (excluding diaryl/α,β-unsaturated/α-hetero) is 1. The van der Waals surface area contributed by atoms with Crippen LogP contribution in [-0.4, -0.2) is 18.4 Å². The SMILES string of the molecule is CC(=O)OCC(=O)[C@@H]1CC(c2ccc(-c3ccccc3)cc2)(c2ccc(-c3ccccc3)cc2)[C@H]1c1ccccc1. The van der Waals surface area contributed by atoms with Gasteiger partial charge in [-0.15, -0.1) is 0 Å². The molecule has 0 aliphatic heterocycles. The lowest BCUT2D eigenvalue weighted by Gasteiger charge is -2.56. The highest BCUT2D eigenvalue weighted by molar-refractivity contribution is 5.87. The fourth-order valence-electron chi connectivity index (χ4n) is 6.47. The van der Waals surface area contributed by atoms with E-state index in [1.807, 2.05) is 30.3 Å². The van der Waals surface area contributed by atoms with Crippen molar-refractivity contribution in [3.05, 3.63) is 156 Å². The average molecular weight is 537 g/mol. The molecular weight excluding hydrogens is 504 g/mol. The molecule has 0 radical (unpaired) electrons. The van der Waals surface area contributed by atoms with Crippen LogP contribution in [0.1, 0.15) is 36.0 Å². The van der Waals surface area contributed by atoms with Gasteiger partial charge in [-0.1, -0.05) is 140 Å². The van der Waals surface area contributed by atoms with Gasteiger partial charge in [-0.25, -0.2) is 0 Å². The van der Waals surface area contributed by atoms with E-state index in [2.05, 4.69) is 109 Å². The van der Waals surface area contributed by atoms with Crippen molar-refractivity contribution in [3.8, 4) is 22.3 Å². The van der Waals surface area contributed by atoms with E-state index in [0.29, 0.717) is 6.42 Å². The van der Waals surface area contributed by atoms with Crippen LogP contribution in [0, 0.1) is 5.92 Å². The predicted molar refractivity (Wildman–Crippen MR) is 163 cm³/mol. The fourth-order valence-corrected chi connectivity index (χ4v) is 6.47. The number of esters is 1. The van der Waals surface area contributed by atoms with Crippen LogP contribution in [0.3, 0.4) is 0 Å². The molecule has 3 nitrogen and oxygen atoms in total. The van der Waals surface area contributed by atoms with Gasteiger partial charge in [0.1, 0.15) is 6.61 Å². The zero-order valence-electron chi connectivity index (χ0n) is 23.1. The highest BCUT2D eigenvalue weighted by Gasteiger charge is 2.58. The van der Waals surface area contributed by atoms with Gasteiger partial charge in [0.05, 0.1) is 0 Å². The largest absolute Gasteiger partial charge is 0.458 e. The van der Waals surface area contributed by atoms with Gasteiger partial charge in [0.2, 0.25) is 0 Å². The molecular formula is C38H32O3. The molecule has 5 aromatic carbocycles. The summed E-state index contributed by atoms with van der Waals surface area (Å²) in [5.74, 6) is -0.837. The monoisotopic (exact) mass is 536 g/mol. The first-order valence-corrected chi connectivity index (χ1v) is 14.1. The second-order valence-corrected chi connectivity index (χ2v) is 10.8. The molecule has 2 atom stereocenters. The minimum absolute atomic E-state index is 0.0357. The number of ketones is 1. The summed E-state index contributed by atoms with van der Waals surface area (Å²) in [4.78, 5) is 25.0. The molecule has 0 heterocycles. The first kappa shape index (κ1) is 26.5. The lowest BCUT2D eigenvalue weighted by molar-refractivity contribution is -0.148. The topological polar surface area (TPSA) is 43.4 Å². The summed E-state index contributed by atoms with van der Waals surface area (Å²) in [5, 5.41) is 0. The third kappa shape index (κ3) is 5.12. The highest BCUT2D eigenvalue weighted by Crippen LogP contribution is 2.62. The van der Waals surface area contributed by atoms with Gasteiger partial charge >= 0.3 is 5.97 Å². The van der Waals surface area contributed by atoms with Crippen LogP contribution in [-0.2, 0) is 19.7 Å². The van der Waals surface area contributed by atoms with Crippen LogP contribution in [0.15, 0.2) is 140 Å². The van der Waals surface area contributed by atoms with Crippen molar-refractivity contribution in [2.45, 2.75) is 24.7 Å².